The van der Waals surface area contributed by atoms with Gasteiger partial charge in [-0.3, -0.25) is 19.2 Å². The van der Waals surface area contributed by atoms with Gasteiger partial charge in [0.1, 0.15) is 36.6 Å². The monoisotopic (exact) mass is 979 g/mol. The summed E-state index contributed by atoms with van der Waals surface area (Å²) in [7, 11) is 0. The number of β-amino-alcohol motifs (C(OH)–C–C–N with tert-alkyl or cyclic N) is 1. The molecule has 0 bridgehead atoms. The molecule has 7 rings (SSSR count). The number of carbonyl (C=O) groups excluding carboxylic acids is 4. The zero-order valence-electron chi connectivity index (χ0n) is 40.9. The van der Waals surface area contributed by atoms with Crippen LogP contribution in [0.4, 0.5) is 5.69 Å². The van der Waals surface area contributed by atoms with Gasteiger partial charge < -0.3 is 40.3 Å². The summed E-state index contributed by atoms with van der Waals surface area (Å²) in [6.07, 6.45) is 1.75. The predicted molar refractivity (Wildman–Crippen MR) is 268 cm³/mol. The van der Waals surface area contributed by atoms with Gasteiger partial charge >= 0.3 is 0 Å². The Balaban J connectivity index is 0.823. The molecule has 2 aliphatic heterocycles. The van der Waals surface area contributed by atoms with Gasteiger partial charge in [-0.1, -0.05) is 84.3 Å². The van der Waals surface area contributed by atoms with Crippen LogP contribution in [0.15, 0.2) is 72.2 Å². The summed E-state index contributed by atoms with van der Waals surface area (Å²) >= 11 is 7.84. The number of halogens is 1. The molecule has 0 spiro atoms. The number of hydrogen-bond donors (Lipinski definition) is 4. The molecule has 0 radical (unpaired) electrons. The van der Waals surface area contributed by atoms with E-state index in [4.69, 9.17) is 21.1 Å². The van der Waals surface area contributed by atoms with E-state index in [0.29, 0.717) is 34.4 Å². The SMILES string of the molecule is Cc1ncsc1-c1ccc(CNC(=O)[C@@H]2C[C@@H](O)CN2C(=O)[C@@H](NC(=O)COCCC2CCN(c3ccc(C(=O)NC4C(C)(C)C(Oc5ccc(C#N)c(Cl)c5)C4(C)C)cc3)CC2)C(C)(C)C)cc1. The zero-order chi connectivity index (χ0) is 49.8. The van der Waals surface area contributed by atoms with Crippen LogP contribution in [0.25, 0.3) is 10.4 Å². The molecule has 3 fully saturated rings. The second-order valence-corrected chi connectivity index (χ2v) is 22.3. The molecule has 3 aromatic carbocycles. The van der Waals surface area contributed by atoms with Crippen LogP contribution >= 0.6 is 22.9 Å². The van der Waals surface area contributed by atoms with Crippen molar-refractivity contribution in [1.82, 2.24) is 25.8 Å². The Kier molecular flexibility index (Phi) is 15.8. The molecule has 1 saturated carbocycles. The second-order valence-electron chi connectivity index (χ2n) is 21.1. The molecule has 2 saturated heterocycles. The predicted octanol–water partition coefficient (Wildman–Crippen LogP) is 7.69. The van der Waals surface area contributed by atoms with Crippen molar-refractivity contribution in [2.75, 3.05) is 37.7 Å². The number of nitriles is 1. The summed E-state index contributed by atoms with van der Waals surface area (Å²) in [5.41, 5.74) is 5.33. The van der Waals surface area contributed by atoms with Gasteiger partial charge in [0.05, 0.1) is 32.8 Å². The molecule has 3 atom stereocenters. The lowest BCUT2D eigenvalue weighted by Crippen LogP contribution is -2.74. The molecule has 4 aromatic rings. The number of nitrogens with one attached hydrogen (secondary N) is 3. The van der Waals surface area contributed by atoms with Gasteiger partial charge in [-0.2, -0.15) is 5.26 Å². The number of likely N-dealkylation sites (tertiary alicyclic amines) is 1. The summed E-state index contributed by atoms with van der Waals surface area (Å²) in [6, 6.07) is 20.8. The van der Waals surface area contributed by atoms with Crippen LogP contribution in [-0.2, 0) is 25.7 Å². The minimum absolute atomic E-state index is 0.00398. The maximum Gasteiger partial charge on any atom is 0.251 e. The summed E-state index contributed by atoms with van der Waals surface area (Å²) in [6.45, 7) is 18.0. The highest BCUT2D eigenvalue weighted by Gasteiger charge is 2.64. The standard InChI is InChI=1S/C53H66ClN7O7S/c1-32-44(69-31-57-32)35-11-9-34(10-12-35)28-56-47(65)42-25-39(62)29-61(42)48(66)45(51(2,3)4)58-43(63)30-67-24-21-33-19-22-60(23-20-33)38-16-13-36(14-17-38)46(64)59-49-52(5,6)50(53(49,7)8)68-40-18-15-37(27-55)41(54)26-40/h9-18,26,31,33,39,42,45,49-50,62H,19-25,28-30H2,1-8H3,(H,56,65)(H,58,63)(H,59,64)/t39-,42+,45-,49?,50?/m1/s1. The van der Waals surface area contributed by atoms with E-state index in [1.165, 1.54) is 4.90 Å². The lowest BCUT2D eigenvalue weighted by molar-refractivity contribution is -0.164. The number of hydrogen-bond acceptors (Lipinski definition) is 11. The largest absolute Gasteiger partial charge is 0.489 e. The fraction of sp³-hybridized carbons (Fsp3) is 0.509. The highest BCUT2D eigenvalue weighted by Crippen LogP contribution is 2.55. The normalized spacial score (nSPS) is 21.4. The van der Waals surface area contributed by atoms with E-state index in [-0.39, 0.29) is 60.9 Å². The first kappa shape index (κ1) is 51.3. The number of benzene rings is 3. The fourth-order valence-corrected chi connectivity index (χ4v) is 11.5. The Morgan fingerprint density at radius 3 is 2.29 bits per heavy atom. The number of ether oxygens (including phenoxy) is 2. The van der Waals surface area contributed by atoms with E-state index in [9.17, 15) is 29.5 Å². The number of carbonyl (C=O) groups is 4. The average Bonchev–Trinajstić information content (AvgIpc) is 3.94. The lowest BCUT2D eigenvalue weighted by atomic mass is 9.49. The van der Waals surface area contributed by atoms with Gasteiger partial charge in [0.2, 0.25) is 17.7 Å². The maximum absolute atomic E-state index is 14.1. The molecule has 1 aliphatic carbocycles. The molecule has 4 N–H and O–H groups in total. The van der Waals surface area contributed by atoms with Gasteiger partial charge in [-0.05, 0) is 85.0 Å². The molecule has 3 heterocycles. The Hall–Kier alpha value is -5.53. The van der Waals surface area contributed by atoms with Gasteiger partial charge in [-0.15, -0.1) is 11.3 Å². The summed E-state index contributed by atoms with van der Waals surface area (Å²) in [5, 5.41) is 29.3. The number of aromatic nitrogens is 1. The number of aliphatic hydroxyl groups is 1. The zero-order valence-corrected chi connectivity index (χ0v) is 42.5. The number of aryl methyl sites for hydroxylation is 1. The number of anilines is 1. The molecule has 16 heteroatoms. The Morgan fingerprint density at radius 1 is 1.00 bits per heavy atom. The van der Waals surface area contributed by atoms with Crippen molar-refractivity contribution in [2.24, 2.45) is 22.2 Å². The van der Waals surface area contributed by atoms with Crippen LogP contribution in [0, 0.1) is 40.4 Å². The number of aliphatic hydroxyl groups excluding tert-OH is 1. The quantitative estimate of drug-likeness (QED) is 0.0812. The molecule has 1 aromatic heterocycles. The number of nitrogens with zero attached hydrogens (tertiary/aromatic N) is 4. The average molecular weight is 981 g/mol. The summed E-state index contributed by atoms with van der Waals surface area (Å²) < 4.78 is 12.2. The van der Waals surface area contributed by atoms with Crippen molar-refractivity contribution >= 4 is 52.3 Å². The van der Waals surface area contributed by atoms with Gasteiger partial charge in [0, 0.05) is 73.4 Å². The summed E-state index contributed by atoms with van der Waals surface area (Å²) in [4.78, 5) is 63.4. The van der Waals surface area contributed by atoms with E-state index in [1.54, 1.807) is 29.5 Å². The van der Waals surface area contributed by atoms with E-state index in [2.05, 4.69) is 59.6 Å². The first-order valence-electron chi connectivity index (χ1n) is 23.8. The first-order valence-corrected chi connectivity index (χ1v) is 25.1. The number of amides is 4. The van der Waals surface area contributed by atoms with Gasteiger partial charge in [0.25, 0.3) is 5.91 Å². The second kappa shape index (κ2) is 21.2. The van der Waals surface area contributed by atoms with E-state index in [0.717, 1.165) is 59.7 Å². The highest BCUT2D eigenvalue weighted by molar-refractivity contribution is 7.13. The molecule has 4 amide bonds. The topological polar surface area (TPSA) is 186 Å². The van der Waals surface area contributed by atoms with Crippen molar-refractivity contribution in [3.63, 3.8) is 0 Å². The smallest absolute Gasteiger partial charge is 0.251 e. The van der Waals surface area contributed by atoms with E-state index in [1.807, 2.05) is 81.7 Å². The molecule has 69 heavy (non-hydrogen) atoms. The molecule has 368 valence electrons. The molecule has 14 nitrogen and oxygen atoms in total. The van der Waals surface area contributed by atoms with Gasteiger partial charge in [0.15, 0.2) is 0 Å². The third-order valence-corrected chi connectivity index (χ3v) is 15.4. The maximum atomic E-state index is 14.1. The third-order valence-electron chi connectivity index (χ3n) is 14.2. The minimum Gasteiger partial charge on any atom is -0.489 e. The van der Waals surface area contributed by atoms with Crippen molar-refractivity contribution in [1.29, 1.82) is 5.26 Å². The minimum atomic E-state index is -0.942. The van der Waals surface area contributed by atoms with Crippen molar-refractivity contribution in [2.45, 2.75) is 118 Å². The number of piperidine rings is 1. The Morgan fingerprint density at radius 2 is 1.68 bits per heavy atom. The Labute approximate surface area is 415 Å². The third kappa shape index (κ3) is 11.7. The van der Waals surface area contributed by atoms with Crippen molar-refractivity contribution in [3.8, 4) is 22.3 Å². The summed E-state index contributed by atoms with van der Waals surface area (Å²) in [5.74, 6) is -0.333. The molecular weight excluding hydrogens is 914 g/mol. The molecule has 0 unspecified atom stereocenters. The van der Waals surface area contributed by atoms with Crippen LogP contribution in [0.3, 0.4) is 0 Å². The van der Waals surface area contributed by atoms with Crippen LogP contribution in [-0.4, -0.2) is 102 Å². The van der Waals surface area contributed by atoms with Crippen LogP contribution in [0.5, 0.6) is 5.75 Å². The lowest BCUT2D eigenvalue weighted by Gasteiger charge is -2.63. The van der Waals surface area contributed by atoms with Gasteiger partial charge in [-0.25, -0.2) is 4.98 Å². The fourth-order valence-electron chi connectivity index (χ4n) is 10.5. The van der Waals surface area contributed by atoms with E-state index >= 15 is 0 Å². The molecular formula is C53H66ClN7O7S. The van der Waals surface area contributed by atoms with Crippen LogP contribution in [0.1, 0.15) is 101 Å². The number of thiazole rings is 1. The van der Waals surface area contributed by atoms with E-state index < -0.39 is 35.4 Å². The van der Waals surface area contributed by atoms with Crippen LogP contribution < -0.4 is 25.6 Å². The first-order chi connectivity index (χ1) is 32.7. The van der Waals surface area contributed by atoms with Crippen molar-refractivity contribution in [3.05, 3.63) is 99.6 Å². The molecule has 3 aliphatic rings. The van der Waals surface area contributed by atoms with Crippen LogP contribution in [0.2, 0.25) is 5.02 Å². The Bertz CT molecular complexity index is 2510. The van der Waals surface area contributed by atoms with Crippen molar-refractivity contribution < 1.29 is 33.8 Å². The number of rotatable bonds is 16. The highest BCUT2D eigenvalue weighted by atomic mass is 35.5.